The number of rotatable bonds is 3. The smallest absolute Gasteiger partial charge is 0.293 e. The zero-order chi connectivity index (χ0) is 24.5. The van der Waals surface area contributed by atoms with E-state index < -0.39 is 5.82 Å². The molecule has 1 aliphatic heterocycles. The maximum absolute atomic E-state index is 14.6. The van der Waals surface area contributed by atoms with E-state index in [1.54, 1.807) is 31.4 Å². The van der Waals surface area contributed by atoms with Crippen molar-refractivity contribution in [1.29, 1.82) is 0 Å². The molecular weight excluding hydrogens is 471 g/mol. The highest BCUT2D eigenvalue weighted by Crippen LogP contribution is 2.34. The summed E-state index contributed by atoms with van der Waals surface area (Å²) in [7, 11) is 1.56. The van der Waals surface area contributed by atoms with Gasteiger partial charge in [-0.3, -0.25) is 9.48 Å². The van der Waals surface area contributed by atoms with Crippen molar-refractivity contribution in [2.24, 2.45) is 7.05 Å². The highest BCUT2D eigenvalue weighted by molar-refractivity contribution is 6.30. The van der Waals surface area contributed by atoms with Gasteiger partial charge in [0.1, 0.15) is 17.2 Å². The van der Waals surface area contributed by atoms with Gasteiger partial charge in [-0.15, -0.1) is 0 Å². The van der Waals surface area contributed by atoms with Crippen LogP contribution in [0.15, 0.2) is 53.7 Å². The number of aryl methyl sites for hydroxylation is 1. The molecule has 8 nitrogen and oxygen atoms in total. The normalized spacial score (nSPS) is 17.8. The van der Waals surface area contributed by atoms with E-state index in [1.807, 2.05) is 35.0 Å². The molecule has 1 unspecified atom stereocenters. The van der Waals surface area contributed by atoms with Crippen molar-refractivity contribution < 1.29 is 9.13 Å². The number of hydrogen-bond acceptors (Lipinski definition) is 6. The van der Waals surface area contributed by atoms with Crippen LogP contribution in [-0.4, -0.2) is 50.3 Å². The van der Waals surface area contributed by atoms with Crippen molar-refractivity contribution in [1.82, 2.24) is 24.5 Å². The average molecular weight is 497 g/mol. The van der Waals surface area contributed by atoms with Crippen molar-refractivity contribution >= 4 is 28.3 Å². The van der Waals surface area contributed by atoms with Gasteiger partial charge in [0, 0.05) is 48.5 Å². The topological polar surface area (TPSA) is 78.1 Å². The molecule has 0 spiro atoms. The number of anilines is 1. The summed E-state index contributed by atoms with van der Waals surface area (Å²) in [6, 6.07) is 9.00. The summed E-state index contributed by atoms with van der Waals surface area (Å²) in [5.74, 6) is 0.155. The number of morpholine rings is 1. The van der Waals surface area contributed by atoms with Gasteiger partial charge >= 0.3 is 0 Å². The molecule has 1 aliphatic carbocycles. The van der Waals surface area contributed by atoms with Gasteiger partial charge in [-0.25, -0.2) is 14.1 Å². The Hall–Kier alpha value is -3.30. The molecule has 1 atom stereocenters. The molecule has 1 saturated heterocycles. The number of nitrogens with zero attached hydrogens (tertiary/aromatic N) is 6. The second-order valence-electron chi connectivity index (χ2n) is 8.83. The SMILES string of the molecule is CC1CN(c2cc(-c3ccc(Cl)cc3F)c3cnn(C)c(=O)c3n2)CCO1.c1cnn(C2CC2)c1. The van der Waals surface area contributed by atoms with Crippen LogP contribution >= 0.6 is 11.6 Å². The lowest BCUT2D eigenvalue weighted by atomic mass is 10.0. The Bertz CT molecular complexity index is 1400. The third-order valence-electron chi connectivity index (χ3n) is 6.13. The minimum Gasteiger partial charge on any atom is -0.375 e. The maximum Gasteiger partial charge on any atom is 0.293 e. The predicted octanol–water partition coefficient (Wildman–Crippen LogP) is 4.23. The van der Waals surface area contributed by atoms with Crippen LogP contribution in [0.2, 0.25) is 5.02 Å². The molecule has 2 aliphatic rings. The quantitative estimate of drug-likeness (QED) is 0.422. The van der Waals surface area contributed by atoms with Crippen LogP contribution in [0.4, 0.5) is 10.2 Å². The number of pyridine rings is 1. The second-order valence-corrected chi connectivity index (χ2v) is 9.27. The average Bonchev–Trinajstić information content (AvgIpc) is 3.55. The minimum absolute atomic E-state index is 0.0484. The lowest BCUT2D eigenvalue weighted by molar-refractivity contribution is 0.0529. The van der Waals surface area contributed by atoms with E-state index in [9.17, 15) is 9.18 Å². The standard InChI is InChI=1S/C19H18ClFN4O2.C6H8N2/c1-11-10-25(5-6-27-11)17-8-14(13-4-3-12(20)7-16(13)21)15-9-22-24(2)19(26)18(15)23-17;1-4-7-8(5-1)6-2-3-6/h3-4,7-9,11H,5-6,10H2,1-2H3;1,4-6H,2-3H2. The third-order valence-corrected chi connectivity index (χ3v) is 6.37. The van der Waals surface area contributed by atoms with Gasteiger partial charge in [0.05, 0.1) is 24.9 Å². The molecular formula is C25H26ClFN6O2. The van der Waals surface area contributed by atoms with Crippen LogP contribution in [-0.2, 0) is 11.8 Å². The fourth-order valence-electron chi connectivity index (χ4n) is 4.14. The number of fused-ring (bicyclic) bond motifs is 1. The molecule has 1 aromatic carbocycles. The largest absolute Gasteiger partial charge is 0.375 e. The Kier molecular flexibility index (Phi) is 6.53. The van der Waals surface area contributed by atoms with Crippen molar-refractivity contribution in [2.75, 3.05) is 24.6 Å². The van der Waals surface area contributed by atoms with Crippen LogP contribution in [0.25, 0.3) is 22.0 Å². The first-order valence-electron chi connectivity index (χ1n) is 11.6. The van der Waals surface area contributed by atoms with Crippen LogP contribution < -0.4 is 10.5 Å². The predicted molar refractivity (Wildman–Crippen MR) is 133 cm³/mol. The van der Waals surface area contributed by atoms with Gasteiger partial charge in [-0.05, 0) is 55.7 Å². The number of halogens is 2. The summed E-state index contributed by atoms with van der Waals surface area (Å²) in [5.41, 5.74) is 0.845. The lowest BCUT2D eigenvalue weighted by Crippen LogP contribution is -2.41. The molecule has 0 bridgehead atoms. The van der Waals surface area contributed by atoms with Crippen molar-refractivity contribution in [3.05, 3.63) is 70.1 Å². The number of benzene rings is 1. The highest BCUT2D eigenvalue weighted by Gasteiger charge is 2.23. The van der Waals surface area contributed by atoms with Gasteiger partial charge < -0.3 is 9.64 Å². The van der Waals surface area contributed by atoms with Gasteiger partial charge in [0.25, 0.3) is 5.56 Å². The maximum atomic E-state index is 14.6. The second kappa shape index (κ2) is 9.75. The fraction of sp³-hybridized carbons (Fsp3) is 0.360. The molecule has 4 heterocycles. The van der Waals surface area contributed by atoms with Crippen molar-refractivity contribution in [2.45, 2.75) is 31.9 Å². The summed E-state index contributed by atoms with van der Waals surface area (Å²) in [5, 5.41) is 8.99. The molecule has 1 saturated carbocycles. The zero-order valence-electron chi connectivity index (χ0n) is 19.6. The van der Waals surface area contributed by atoms with Crippen LogP contribution in [0.5, 0.6) is 0 Å². The molecule has 0 radical (unpaired) electrons. The minimum atomic E-state index is -0.461. The molecule has 182 valence electrons. The molecule has 0 N–H and O–H groups in total. The molecule has 35 heavy (non-hydrogen) atoms. The first-order valence-corrected chi connectivity index (χ1v) is 12.0. The molecule has 10 heteroatoms. The van der Waals surface area contributed by atoms with E-state index in [4.69, 9.17) is 16.3 Å². The van der Waals surface area contributed by atoms with E-state index in [0.29, 0.717) is 47.1 Å². The van der Waals surface area contributed by atoms with E-state index in [1.165, 1.54) is 23.6 Å². The first kappa shape index (κ1) is 23.4. The Labute approximate surface area is 206 Å². The number of ether oxygens (including phenoxy) is 1. The zero-order valence-corrected chi connectivity index (χ0v) is 20.3. The summed E-state index contributed by atoms with van der Waals surface area (Å²) in [4.78, 5) is 19.3. The lowest BCUT2D eigenvalue weighted by Gasteiger charge is -2.32. The van der Waals surface area contributed by atoms with E-state index in [2.05, 4.69) is 15.2 Å². The Balaban J connectivity index is 0.000000265. The Morgan fingerprint density at radius 2 is 2.00 bits per heavy atom. The number of hydrogen-bond donors (Lipinski definition) is 0. The fourth-order valence-corrected chi connectivity index (χ4v) is 4.30. The molecule has 2 fully saturated rings. The van der Waals surface area contributed by atoms with E-state index >= 15 is 0 Å². The summed E-state index contributed by atoms with van der Waals surface area (Å²) in [6.45, 7) is 3.85. The van der Waals surface area contributed by atoms with Crippen molar-refractivity contribution in [3.63, 3.8) is 0 Å². The van der Waals surface area contributed by atoms with Crippen LogP contribution in [0.3, 0.4) is 0 Å². The Morgan fingerprint density at radius 1 is 1.17 bits per heavy atom. The van der Waals surface area contributed by atoms with Crippen LogP contribution in [0.1, 0.15) is 25.8 Å². The van der Waals surface area contributed by atoms with Crippen molar-refractivity contribution in [3.8, 4) is 11.1 Å². The summed E-state index contributed by atoms with van der Waals surface area (Å²) >= 11 is 5.90. The third kappa shape index (κ3) is 5.06. The monoisotopic (exact) mass is 496 g/mol. The Morgan fingerprint density at radius 3 is 2.69 bits per heavy atom. The highest BCUT2D eigenvalue weighted by atomic mass is 35.5. The van der Waals surface area contributed by atoms with E-state index in [-0.39, 0.29) is 17.2 Å². The van der Waals surface area contributed by atoms with Crippen LogP contribution in [0, 0.1) is 5.82 Å². The summed E-state index contributed by atoms with van der Waals surface area (Å²) < 4.78 is 23.5. The summed E-state index contributed by atoms with van der Waals surface area (Å²) in [6.07, 6.45) is 8.09. The van der Waals surface area contributed by atoms with Gasteiger partial charge in [-0.2, -0.15) is 10.2 Å². The molecule has 0 amide bonds. The molecule has 6 rings (SSSR count). The number of aromatic nitrogens is 5. The molecule has 4 aromatic rings. The van der Waals surface area contributed by atoms with Gasteiger partial charge in [-0.1, -0.05) is 11.6 Å². The first-order chi connectivity index (χ1) is 16.9. The molecule has 3 aromatic heterocycles. The van der Waals surface area contributed by atoms with Gasteiger partial charge in [0.2, 0.25) is 0 Å². The van der Waals surface area contributed by atoms with E-state index in [0.717, 1.165) is 6.04 Å². The van der Waals surface area contributed by atoms with Gasteiger partial charge in [0.15, 0.2) is 0 Å².